The van der Waals surface area contributed by atoms with Gasteiger partial charge in [0, 0.05) is 37.3 Å². The molecule has 1 aromatic carbocycles. The number of benzene rings is 1. The summed E-state index contributed by atoms with van der Waals surface area (Å²) in [5.41, 5.74) is 1.20. The average Bonchev–Trinajstić information content (AvgIpc) is 3.39. The topological polar surface area (TPSA) is 119 Å². The first-order valence-corrected chi connectivity index (χ1v) is 20.5. The third-order valence-corrected chi connectivity index (χ3v) is 15.6. The zero-order valence-electron chi connectivity index (χ0n) is 34.1. The molecular formula is C45H64FNO7. The van der Waals surface area contributed by atoms with Gasteiger partial charge in [-0.1, -0.05) is 53.7 Å². The number of carbonyl (C=O) groups is 4. The van der Waals surface area contributed by atoms with Crippen molar-refractivity contribution in [3.63, 3.8) is 0 Å². The van der Waals surface area contributed by atoms with Gasteiger partial charge in [-0.2, -0.15) is 0 Å². The van der Waals surface area contributed by atoms with Crippen LogP contribution in [0.3, 0.4) is 0 Å². The molecule has 0 heterocycles. The van der Waals surface area contributed by atoms with Crippen molar-refractivity contribution in [2.24, 2.45) is 56.7 Å². The van der Waals surface area contributed by atoms with Gasteiger partial charge in [-0.05, 0) is 134 Å². The second-order valence-corrected chi connectivity index (χ2v) is 19.8. The number of hydrogen-bond donors (Lipinski definition) is 2. The molecule has 5 aliphatic carbocycles. The molecule has 0 radical (unpaired) electrons. The largest absolute Gasteiger partial charge is 0.481 e. The molecule has 9 heteroatoms. The Labute approximate surface area is 321 Å². The van der Waals surface area contributed by atoms with Gasteiger partial charge in [0.1, 0.15) is 18.0 Å². The van der Waals surface area contributed by atoms with Crippen LogP contribution in [0.1, 0.15) is 132 Å². The molecule has 4 saturated carbocycles. The van der Waals surface area contributed by atoms with Gasteiger partial charge in [0.05, 0.1) is 11.8 Å². The zero-order valence-corrected chi connectivity index (χ0v) is 34.1. The first kappa shape index (κ1) is 40.6. The lowest BCUT2D eigenvalue weighted by atomic mass is 9.37. The molecule has 5 aliphatic rings. The lowest BCUT2D eigenvalue weighted by Crippen LogP contribution is -2.62. The molecule has 0 aliphatic heterocycles. The molecule has 2 N–H and O–H groups in total. The Balaban J connectivity index is 1.27. The van der Waals surface area contributed by atoms with Gasteiger partial charge in [0.2, 0.25) is 0 Å². The number of ether oxygens (including phenoxy) is 2. The molecule has 54 heavy (non-hydrogen) atoms. The molecule has 298 valence electrons. The number of esters is 2. The number of rotatable bonds is 11. The Morgan fingerprint density at radius 1 is 0.944 bits per heavy atom. The number of aliphatic carboxylic acids is 1. The molecule has 0 saturated heterocycles. The van der Waals surface area contributed by atoms with Crippen LogP contribution in [0.15, 0.2) is 35.4 Å². The highest BCUT2D eigenvalue weighted by atomic mass is 19.1. The Bertz CT molecular complexity index is 1680. The van der Waals surface area contributed by atoms with Crippen LogP contribution in [-0.4, -0.2) is 47.6 Å². The number of fused-ring (bicyclic) bond motifs is 7. The van der Waals surface area contributed by atoms with Crippen molar-refractivity contribution in [2.45, 2.75) is 145 Å². The summed E-state index contributed by atoms with van der Waals surface area (Å²) in [6, 6.07) is 6.41. The Kier molecular flexibility index (Phi) is 10.9. The summed E-state index contributed by atoms with van der Waals surface area (Å²) in [6.07, 6.45) is 7.07. The van der Waals surface area contributed by atoms with Crippen molar-refractivity contribution >= 4 is 23.7 Å². The fourth-order valence-electron chi connectivity index (χ4n) is 12.9. The van der Waals surface area contributed by atoms with Gasteiger partial charge in [-0.3, -0.25) is 19.2 Å². The smallest absolute Gasteiger partial charge is 0.309 e. The van der Waals surface area contributed by atoms with E-state index in [1.165, 1.54) is 24.6 Å². The van der Waals surface area contributed by atoms with Crippen LogP contribution in [0.2, 0.25) is 0 Å². The Morgan fingerprint density at radius 3 is 2.22 bits per heavy atom. The van der Waals surface area contributed by atoms with Crippen LogP contribution < -0.4 is 5.32 Å². The van der Waals surface area contributed by atoms with Gasteiger partial charge < -0.3 is 19.9 Å². The van der Waals surface area contributed by atoms with Gasteiger partial charge in [0.25, 0.3) is 0 Å². The lowest BCUT2D eigenvalue weighted by molar-refractivity contribution is -0.206. The highest BCUT2D eigenvalue weighted by Crippen LogP contribution is 2.73. The fourth-order valence-corrected chi connectivity index (χ4v) is 12.9. The van der Waals surface area contributed by atoms with Crippen LogP contribution in [-0.2, 0) is 35.2 Å². The quantitative estimate of drug-likeness (QED) is 0.216. The summed E-state index contributed by atoms with van der Waals surface area (Å²) >= 11 is 0. The number of hydrogen-bond acceptors (Lipinski definition) is 7. The number of halogens is 1. The van der Waals surface area contributed by atoms with Crippen LogP contribution in [0.25, 0.3) is 0 Å². The number of ketones is 1. The number of carboxylic acid groups (broad SMARTS) is 1. The molecule has 0 aromatic heterocycles. The van der Waals surface area contributed by atoms with E-state index in [0.717, 1.165) is 62.5 Å². The first-order valence-electron chi connectivity index (χ1n) is 20.5. The van der Waals surface area contributed by atoms with Gasteiger partial charge in [0.15, 0.2) is 5.78 Å². The van der Waals surface area contributed by atoms with Crippen molar-refractivity contribution in [1.82, 2.24) is 5.32 Å². The molecule has 9 atom stereocenters. The van der Waals surface area contributed by atoms with E-state index in [0.29, 0.717) is 37.3 Å². The monoisotopic (exact) mass is 749 g/mol. The highest BCUT2D eigenvalue weighted by Gasteiger charge is 2.67. The molecule has 0 unspecified atom stereocenters. The summed E-state index contributed by atoms with van der Waals surface area (Å²) < 4.78 is 26.0. The summed E-state index contributed by atoms with van der Waals surface area (Å²) in [5.74, 6) is -0.273. The van der Waals surface area contributed by atoms with Crippen molar-refractivity contribution < 1.29 is 38.1 Å². The van der Waals surface area contributed by atoms with E-state index in [4.69, 9.17) is 9.47 Å². The zero-order chi connectivity index (χ0) is 39.6. The number of Topliss-reactive ketones (excluding diaryl/α,β-unsaturated/α-hetero) is 1. The molecular weight excluding hydrogens is 685 g/mol. The summed E-state index contributed by atoms with van der Waals surface area (Å²) in [5, 5.41) is 13.1. The predicted molar refractivity (Wildman–Crippen MR) is 204 cm³/mol. The maximum absolute atomic E-state index is 14.2. The van der Waals surface area contributed by atoms with Gasteiger partial charge >= 0.3 is 17.9 Å². The lowest BCUT2D eigenvalue weighted by Gasteiger charge is -2.68. The molecule has 0 bridgehead atoms. The number of allylic oxidation sites excluding steroid dienone is 1. The normalized spacial score (nSPS) is 35.0. The molecule has 0 amide bonds. The van der Waals surface area contributed by atoms with E-state index in [1.54, 1.807) is 26.0 Å². The van der Waals surface area contributed by atoms with Crippen LogP contribution in [0.5, 0.6) is 0 Å². The van der Waals surface area contributed by atoms with Crippen LogP contribution >= 0.6 is 0 Å². The van der Waals surface area contributed by atoms with E-state index < -0.39 is 28.9 Å². The van der Waals surface area contributed by atoms with E-state index in [1.807, 2.05) is 0 Å². The molecule has 1 aromatic rings. The number of nitrogens with one attached hydrogen (secondary N) is 1. The minimum absolute atomic E-state index is 0.0152. The molecule has 8 nitrogen and oxygen atoms in total. The fraction of sp³-hybridized carbons (Fsp3) is 0.733. The van der Waals surface area contributed by atoms with Gasteiger partial charge in [-0.25, -0.2) is 4.39 Å². The second-order valence-electron chi connectivity index (χ2n) is 19.8. The van der Waals surface area contributed by atoms with E-state index in [2.05, 4.69) is 46.9 Å². The predicted octanol–water partition coefficient (Wildman–Crippen LogP) is 8.85. The second kappa shape index (κ2) is 14.5. The van der Waals surface area contributed by atoms with Crippen molar-refractivity contribution in [1.29, 1.82) is 0 Å². The maximum Gasteiger partial charge on any atom is 0.309 e. The third kappa shape index (κ3) is 6.87. The average molecular weight is 750 g/mol. The number of carboxylic acids is 1. The maximum atomic E-state index is 14.2. The van der Waals surface area contributed by atoms with Gasteiger partial charge in [-0.15, -0.1) is 0 Å². The van der Waals surface area contributed by atoms with E-state index >= 15 is 0 Å². The van der Waals surface area contributed by atoms with Crippen LogP contribution in [0, 0.1) is 62.5 Å². The molecule has 0 spiro atoms. The molecule has 6 rings (SSSR count). The van der Waals surface area contributed by atoms with Crippen molar-refractivity contribution in [3.8, 4) is 0 Å². The minimum atomic E-state index is -1.18. The summed E-state index contributed by atoms with van der Waals surface area (Å²) in [7, 11) is 0. The number of carbonyl (C=O) groups excluding carboxylic acids is 3. The third-order valence-electron chi connectivity index (χ3n) is 15.6. The molecule has 4 fully saturated rings. The van der Waals surface area contributed by atoms with Crippen molar-refractivity contribution in [2.75, 3.05) is 6.54 Å². The van der Waals surface area contributed by atoms with E-state index in [-0.39, 0.29) is 58.2 Å². The van der Waals surface area contributed by atoms with E-state index in [9.17, 15) is 28.7 Å². The SMILES string of the molecule is CC(=O)O[C@H](CNCc1ccc(F)cc1)[C@@]12CC[C@]3(C)[C@H](CC[C@H]4[C@H]3CC[C@H]3C(C)(C)[C@@H](OC(=O)CC(C)(C)C(=O)O)CC[C@]43C)C1=C(C(C)C)C(=O)C2. The Morgan fingerprint density at radius 2 is 1.59 bits per heavy atom. The standard InChI is InChI=1S/C45H64FNO7/c1-26(2)38-33(49)22-45(36(53-27(3)48)25-47-24-28-10-12-29(46)13-11-28)21-20-43(8)30-16-17-34-42(6,7)35(54-37(50)23-41(4,5)40(51)52)18-19-44(34,9)31(30)14-15-32(43)39(38)45/h10-13,26,30-32,34-36,47H,14-25H2,1-9H3,(H,51,52)/t30-,31+,32-,34+,35+,36-,43+,44-,45+/m1/s1. The first-order chi connectivity index (χ1) is 25.2. The van der Waals surface area contributed by atoms with Crippen LogP contribution in [0.4, 0.5) is 4.39 Å². The summed E-state index contributed by atoms with van der Waals surface area (Å²) in [6.45, 7) is 19.2. The summed E-state index contributed by atoms with van der Waals surface area (Å²) in [4.78, 5) is 51.7. The van der Waals surface area contributed by atoms with Crippen molar-refractivity contribution in [3.05, 3.63) is 46.8 Å². The minimum Gasteiger partial charge on any atom is -0.481 e. The Hall–Kier alpha value is -3.07. The highest BCUT2D eigenvalue weighted by molar-refractivity contribution is 6.01.